The van der Waals surface area contributed by atoms with Crippen molar-refractivity contribution in [1.82, 2.24) is 5.32 Å². The summed E-state index contributed by atoms with van der Waals surface area (Å²) in [7, 11) is 0. The zero-order valence-corrected chi connectivity index (χ0v) is 11.8. The summed E-state index contributed by atoms with van der Waals surface area (Å²) in [5, 5.41) is 3.94. The number of nitrogens with one attached hydrogen (secondary N) is 1. The lowest BCUT2D eigenvalue weighted by Crippen LogP contribution is -2.39. The second kappa shape index (κ2) is 4.01. The van der Waals surface area contributed by atoms with E-state index in [1.807, 2.05) is 0 Å². The molecule has 0 aromatic rings. The van der Waals surface area contributed by atoms with Crippen LogP contribution in [0, 0.1) is 16.7 Å². The molecule has 1 heteroatoms. The van der Waals surface area contributed by atoms with Gasteiger partial charge in [-0.25, -0.2) is 0 Å². The molecule has 0 saturated heterocycles. The zero-order chi connectivity index (χ0) is 12.0. The first-order valence-corrected chi connectivity index (χ1v) is 7.04. The summed E-state index contributed by atoms with van der Waals surface area (Å²) in [4.78, 5) is 0. The predicted octanol–water partition coefficient (Wildman–Crippen LogP) is 3.98. The third kappa shape index (κ3) is 2.80. The molecule has 2 fully saturated rings. The fourth-order valence-corrected chi connectivity index (χ4v) is 4.00. The van der Waals surface area contributed by atoms with Gasteiger partial charge in [-0.1, -0.05) is 34.6 Å². The highest BCUT2D eigenvalue weighted by Crippen LogP contribution is 2.43. The molecule has 0 aliphatic heterocycles. The van der Waals surface area contributed by atoms with Crippen LogP contribution in [0.1, 0.15) is 66.7 Å². The van der Waals surface area contributed by atoms with Gasteiger partial charge in [0.15, 0.2) is 0 Å². The largest absolute Gasteiger partial charge is 0.311 e. The van der Waals surface area contributed by atoms with Gasteiger partial charge < -0.3 is 5.32 Å². The van der Waals surface area contributed by atoms with Crippen LogP contribution in [0.2, 0.25) is 0 Å². The minimum atomic E-state index is 0.561. The molecule has 0 heterocycles. The molecule has 94 valence electrons. The molecule has 16 heavy (non-hydrogen) atoms. The summed E-state index contributed by atoms with van der Waals surface area (Å²) in [6, 6.07) is 1.56. The minimum Gasteiger partial charge on any atom is -0.311 e. The van der Waals surface area contributed by atoms with Crippen molar-refractivity contribution in [2.24, 2.45) is 16.7 Å². The van der Waals surface area contributed by atoms with E-state index in [4.69, 9.17) is 0 Å². The van der Waals surface area contributed by atoms with Crippen LogP contribution < -0.4 is 5.32 Å². The SMILES string of the molecule is CC1CC(C)(C)CC1NC1CCC(C)(C)C1. The molecule has 2 rings (SSSR count). The summed E-state index contributed by atoms with van der Waals surface area (Å²) < 4.78 is 0. The standard InChI is InChI=1S/C15H29N/c1-11-8-15(4,5)10-13(11)16-12-6-7-14(2,3)9-12/h11-13,16H,6-10H2,1-5H3. The predicted molar refractivity (Wildman–Crippen MR) is 70.5 cm³/mol. The molecule has 0 radical (unpaired) electrons. The van der Waals surface area contributed by atoms with Gasteiger partial charge in [0.25, 0.3) is 0 Å². The molecule has 1 N–H and O–H groups in total. The van der Waals surface area contributed by atoms with Crippen LogP contribution in [-0.4, -0.2) is 12.1 Å². The Hall–Kier alpha value is -0.0400. The van der Waals surface area contributed by atoms with Gasteiger partial charge in [-0.15, -0.1) is 0 Å². The lowest BCUT2D eigenvalue weighted by atomic mass is 9.91. The summed E-state index contributed by atoms with van der Waals surface area (Å²) in [6.07, 6.45) is 6.91. The van der Waals surface area contributed by atoms with E-state index in [9.17, 15) is 0 Å². The Morgan fingerprint density at radius 3 is 2.06 bits per heavy atom. The van der Waals surface area contributed by atoms with Crippen molar-refractivity contribution in [3.05, 3.63) is 0 Å². The highest BCUT2D eigenvalue weighted by Gasteiger charge is 2.39. The molecule has 2 aliphatic rings. The third-order valence-corrected chi connectivity index (χ3v) is 4.75. The van der Waals surface area contributed by atoms with Crippen LogP contribution in [0.5, 0.6) is 0 Å². The number of hydrogen-bond donors (Lipinski definition) is 1. The van der Waals surface area contributed by atoms with E-state index in [-0.39, 0.29) is 0 Å². The van der Waals surface area contributed by atoms with Crippen LogP contribution in [0.25, 0.3) is 0 Å². The molecule has 0 bridgehead atoms. The number of rotatable bonds is 2. The summed E-state index contributed by atoms with van der Waals surface area (Å²) in [5.41, 5.74) is 1.14. The lowest BCUT2D eigenvalue weighted by Gasteiger charge is -2.24. The van der Waals surface area contributed by atoms with E-state index in [1.54, 1.807) is 0 Å². The Labute approximate surface area is 101 Å². The highest BCUT2D eigenvalue weighted by molar-refractivity contribution is 4.95. The average Bonchev–Trinajstić information content (AvgIpc) is 2.53. The van der Waals surface area contributed by atoms with Crippen LogP contribution in [0.3, 0.4) is 0 Å². The Morgan fingerprint density at radius 1 is 0.938 bits per heavy atom. The Kier molecular flexibility index (Phi) is 3.11. The topological polar surface area (TPSA) is 12.0 Å². The second-order valence-electron chi connectivity index (χ2n) is 7.93. The molecular formula is C15H29N. The average molecular weight is 223 g/mol. The molecule has 0 amide bonds. The van der Waals surface area contributed by atoms with Crippen molar-refractivity contribution in [1.29, 1.82) is 0 Å². The van der Waals surface area contributed by atoms with Crippen LogP contribution in [0.15, 0.2) is 0 Å². The first-order chi connectivity index (χ1) is 7.27. The summed E-state index contributed by atoms with van der Waals surface area (Å²) >= 11 is 0. The Bertz CT molecular complexity index is 254. The molecular weight excluding hydrogens is 194 g/mol. The molecule has 0 aromatic carbocycles. The third-order valence-electron chi connectivity index (χ3n) is 4.75. The maximum atomic E-state index is 3.94. The van der Waals surface area contributed by atoms with Gasteiger partial charge in [0, 0.05) is 12.1 Å². The fourth-order valence-electron chi connectivity index (χ4n) is 4.00. The van der Waals surface area contributed by atoms with E-state index >= 15 is 0 Å². The lowest BCUT2D eigenvalue weighted by molar-refractivity contribution is 0.327. The molecule has 3 unspecified atom stereocenters. The van der Waals surface area contributed by atoms with Crippen molar-refractivity contribution in [2.45, 2.75) is 78.8 Å². The minimum absolute atomic E-state index is 0.561. The van der Waals surface area contributed by atoms with E-state index in [1.165, 1.54) is 32.1 Å². The normalized spacial score (nSPS) is 41.4. The van der Waals surface area contributed by atoms with Crippen LogP contribution in [-0.2, 0) is 0 Å². The monoisotopic (exact) mass is 223 g/mol. The van der Waals surface area contributed by atoms with Crippen LogP contribution >= 0.6 is 0 Å². The van der Waals surface area contributed by atoms with Crippen molar-refractivity contribution < 1.29 is 0 Å². The van der Waals surface area contributed by atoms with Gasteiger partial charge >= 0.3 is 0 Å². The van der Waals surface area contributed by atoms with Crippen LogP contribution in [0.4, 0.5) is 0 Å². The van der Waals surface area contributed by atoms with Crippen molar-refractivity contribution in [2.75, 3.05) is 0 Å². The molecule has 3 atom stereocenters. The summed E-state index contributed by atoms with van der Waals surface area (Å²) in [6.45, 7) is 12.1. The number of hydrogen-bond acceptors (Lipinski definition) is 1. The van der Waals surface area contributed by atoms with Gasteiger partial charge in [-0.2, -0.15) is 0 Å². The van der Waals surface area contributed by atoms with E-state index in [0.29, 0.717) is 10.8 Å². The Balaban J connectivity index is 1.87. The molecule has 2 saturated carbocycles. The smallest absolute Gasteiger partial charge is 0.0101 e. The van der Waals surface area contributed by atoms with Crippen molar-refractivity contribution >= 4 is 0 Å². The maximum Gasteiger partial charge on any atom is 0.0101 e. The van der Waals surface area contributed by atoms with Gasteiger partial charge in [0.05, 0.1) is 0 Å². The van der Waals surface area contributed by atoms with E-state index < -0.39 is 0 Å². The quantitative estimate of drug-likeness (QED) is 0.746. The first kappa shape index (κ1) is 12.4. The Morgan fingerprint density at radius 2 is 1.62 bits per heavy atom. The molecule has 1 nitrogen and oxygen atoms in total. The highest BCUT2D eigenvalue weighted by atomic mass is 15.0. The van der Waals surface area contributed by atoms with Crippen molar-refractivity contribution in [3.63, 3.8) is 0 Å². The van der Waals surface area contributed by atoms with Crippen molar-refractivity contribution in [3.8, 4) is 0 Å². The fraction of sp³-hybridized carbons (Fsp3) is 1.00. The molecule has 0 spiro atoms. The summed E-state index contributed by atoms with van der Waals surface area (Å²) in [5.74, 6) is 0.860. The van der Waals surface area contributed by atoms with Gasteiger partial charge in [0.1, 0.15) is 0 Å². The van der Waals surface area contributed by atoms with E-state index in [0.717, 1.165) is 18.0 Å². The van der Waals surface area contributed by atoms with E-state index in [2.05, 4.69) is 39.9 Å². The van der Waals surface area contributed by atoms with Gasteiger partial charge in [-0.05, 0) is 48.9 Å². The maximum absolute atomic E-state index is 3.94. The molecule has 0 aromatic heterocycles. The second-order valence-corrected chi connectivity index (χ2v) is 7.93. The van der Waals surface area contributed by atoms with Gasteiger partial charge in [0.2, 0.25) is 0 Å². The van der Waals surface area contributed by atoms with Gasteiger partial charge in [-0.3, -0.25) is 0 Å². The first-order valence-electron chi connectivity index (χ1n) is 7.04. The molecule has 2 aliphatic carbocycles. The zero-order valence-electron chi connectivity index (χ0n) is 11.8.